The molecule has 1 aromatic rings. The third-order valence-corrected chi connectivity index (χ3v) is 4.48. The summed E-state index contributed by atoms with van der Waals surface area (Å²) in [6.07, 6.45) is 6.17. The number of guanidine groups is 1. The summed E-state index contributed by atoms with van der Waals surface area (Å²) in [5.74, 6) is 1.94. The quantitative estimate of drug-likeness (QED) is 0.387. The summed E-state index contributed by atoms with van der Waals surface area (Å²) < 4.78 is 4.37. The Morgan fingerprint density at radius 2 is 2.14 bits per heavy atom. The number of aryl methyl sites for hydroxylation is 1. The van der Waals surface area contributed by atoms with Gasteiger partial charge >= 0.3 is 0 Å². The van der Waals surface area contributed by atoms with Gasteiger partial charge in [-0.15, -0.1) is 0 Å². The molecule has 0 aromatic carbocycles. The first-order valence-corrected chi connectivity index (χ1v) is 8.70. The number of aromatic nitrogens is 2. The minimum atomic E-state index is 0.902. The van der Waals surface area contributed by atoms with E-state index in [0.29, 0.717) is 0 Å². The number of anilines is 1. The lowest BCUT2D eigenvalue weighted by Gasteiger charge is -2.36. The summed E-state index contributed by atoms with van der Waals surface area (Å²) in [6, 6.07) is 0. The molecule has 22 heavy (non-hydrogen) atoms. The second-order valence-corrected chi connectivity index (χ2v) is 5.88. The molecule has 0 atom stereocenters. The lowest BCUT2D eigenvalue weighted by atomic mass is 10.3. The van der Waals surface area contributed by atoms with Gasteiger partial charge in [0.2, 0.25) is 5.13 Å². The third-order valence-electron chi connectivity index (χ3n) is 3.66. The number of nitrogens with zero attached hydrogens (tertiary/aromatic N) is 5. The zero-order valence-electron chi connectivity index (χ0n) is 13.7. The second-order valence-electron chi connectivity index (χ2n) is 5.15. The van der Waals surface area contributed by atoms with E-state index in [1.807, 2.05) is 14.0 Å². The Bertz CT molecular complexity index is 502. The zero-order chi connectivity index (χ0) is 15.8. The van der Waals surface area contributed by atoms with Gasteiger partial charge in [-0.1, -0.05) is 19.1 Å². The molecule has 0 unspecified atom stereocenters. The van der Waals surface area contributed by atoms with Crippen LogP contribution in [0.3, 0.4) is 0 Å². The van der Waals surface area contributed by atoms with E-state index >= 15 is 0 Å². The van der Waals surface area contributed by atoms with Gasteiger partial charge in [-0.2, -0.15) is 4.37 Å². The SMILES string of the molecule is C/C=C/CCNC(=NC)N1CCN(c2nc(CC)ns2)CC1. The number of hydrogen-bond acceptors (Lipinski definition) is 5. The molecule has 1 fully saturated rings. The van der Waals surface area contributed by atoms with Gasteiger partial charge in [-0.25, -0.2) is 4.98 Å². The van der Waals surface area contributed by atoms with Crippen LogP contribution in [0.4, 0.5) is 5.13 Å². The van der Waals surface area contributed by atoms with Crippen molar-refractivity contribution in [2.45, 2.75) is 26.7 Å². The van der Waals surface area contributed by atoms with Crippen LogP contribution < -0.4 is 10.2 Å². The Balaban J connectivity index is 1.82. The van der Waals surface area contributed by atoms with Gasteiger partial charge < -0.3 is 15.1 Å². The van der Waals surface area contributed by atoms with Crippen LogP contribution in [0.15, 0.2) is 17.1 Å². The highest BCUT2D eigenvalue weighted by Crippen LogP contribution is 2.19. The third kappa shape index (κ3) is 4.43. The highest BCUT2D eigenvalue weighted by atomic mass is 32.1. The van der Waals surface area contributed by atoms with Gasteiger partial charge in [0.15, 0.2) is 5.96 Å². The Morgan fingerprint density at radius 1 is 1.36 bits per heavy atom. The maximum atomic E-state index is 4.57. The molecular formula is C15H26N6S. The first-order valence-electron chi connectivity index (χ1n) is 7.92. The minimum absolute atomic E-state index is 0.902. The summed E-state index contributed by atoms with van der Waals surface area (Å²) in [5.41, 5.74) is 0. The molecule has 1 aliphatic rings. The fourth-order valence-electron chi connectivity index (χ4n) is 2.39. The molecule has 2 rings (SSSR count). The molecule has 122 valence electrons. The van der Waals surface area contributed by atoms with Crippen molar-refractivity contribution < 1.29 is 0 Å². The molecule has 0 aliphatic carbocycles. The summed E-state index contributed by atoms with van der Waals surface area (Å²) in [6.45, 7) is 8.92. The van der Waals surface area contributed by atoms with Crippen molar-refractivity contribution in [3.63, 3.8) is 0 Å². The maximum Gasteiger partial charge on any atom is 0.205 e. The number of nitrogens with one attached hydrogen (secondary N) is 1. The smallest absolute Gasteiger partial charge is 0.205 e. The molecular weight excluding hydrogens is 296 g/mol. The van der Waals surface area contributed by atoms with Gasteiger partial charge in [0.05, 0.1) is 0 Å². The molecule has 0 radical (unpaired) electrons. The summed E-state index contributed by atoms with van der Waals surface area (Å²) >= 11 is 1.51. The minimum Gasteiger partial charge on any atom is -0.356 e. The van der Waals surface area contributed by atoms with Gasteiger partial charge in [0.1, 0.15) is 5.82 Å². The van der Waals surface area contributed by atoms with Crippen LogP contribution in [-0.4, -0.2) is 60.0 Å². The molecule has 1 aromatic heterocycles. The van der Waals surface area contributed by atoms with E-state index in [0.717, 1.165) is 62.5 Å². The Kier molecular flexibility index (Phi) is 6.64. The number of hydrogen-bond donors (Lipinski definition) is 1. The van der Waals surface area contributed by atoms with Crippen LogP contribution in [0.25, 0.3) is 0 Å². The second kappa shape index (κ2) is 8.73. The maximum absolute atomic E-state index is 4.57. The zero-order valence-corrected chi connectivity index (χ0v) is 14.6. The van der Waals surface area contributed by atoms with E-state index in [9.17, 15) is 0 Å². The molecule has 0 amide bonds. The fraction of sp³-hybridized carbons (Fsp3) is 0.667. The van der Waals surface area contributed by atoms with Crippen LogP contribution >= 0.6 is 11.5 Å². The molecule has 1 saturated heterocycles. The van der Waals surface area contributed by atoms with Gasteiger partial charge in [0.25, 0.3) is 0 Å². The molecule has 7 heteroatoms. The normalized spacial score (nSPS) is 16.6. The van der Waals surface area contributed by atoms with Crippen LogP contribution in [-0.2, 0) is 6.42 Å². The van der Waals surface area contributed by atoms with E-state index in [2.05, 4.69) is 48.5 Å². The first-order chi connectivity index (χ1) is 10.8. The fourth-order valence-corrected chi connectivity index (χ4v) is 3.19. The van der Waals surface area contributed by atoms with E-state index in [4.69, 9.17) is 0 Å². The van der Waals surface area contributed by atoms with Crippen LogP contribution in [0.1, 0.15) is 26.1 Å². The molecule has 2 heterocycles. The topological polar surface area (TPSA) is 56.7 Å². The van der Waals surface area contributed by atoms with Crippen LogP contribution in [0.2, 0.25) is 0 Å². The Labute approximate surface area is 137 Å². The molecule has 1 N–H and O–H groups in total. The van der Waals surface area contributed by atoms with Crippen LogP contribution in [0.5, 0.6) is 0 Å². The molecule has 0 saturated carbocycles. The summed E-state index contributed by atoms with van der Waals surface area (Å²) in [4.78, 5) is 13.6. The molecule has 0 bridgehead atoms. The number of rotatable bonds is 5. The lowest BCUT2D eigenvalue weighted by molar-refractivity contribution is 0.373. The molecule has 0 spiro atoms. The molecule has 1 aliphatic heterocycles. The standard InChI is InChI=1S/C15H26N6S/c1-4-6-7-8-17-14(16-3)20-9-11-21(12-10-20)15-18-13(5-2)19-22-15/h4,6H,5,7-12H2,1-3H3,(H,16,17)/b6-4+. The number of allylic oxidation sites excluding steroid dienone is 1. The van der Waals surface area contributed by atoms with E-state index in [1.165, 1.54) is 11.5 Å². The monoisotopic (exact) mass is 322 g/mol. The van der Waals surface area contributed by atoms with Crippen molar-refractivity contribution >= 4 is 22.6 Å². The van der Waals surface area contributed by atoms with Gasteiger partial charge in [-0.05, 0) is 13.3 Å². The Hall–Kier alpha value is -1.63. The first kappa shape index (κ1) is 16.7. The van der Waals surface area contributed by atoms with Gasteiger partial charge in [-0.3, -0.25) is 4.99 Å². The predicted molar refractivity (Wildman–Crippen MR) is 93.9 cm³/mol. The van der Waals surface area contributed by atoms with E-state index in [-0.39, 0.29) is 0 Å². The van der Waals surface area contributed by atoms with Crippen LogP contribution in [0, 0.1) is 0 Å². The van der Waals surface area contributed by atoms with Crippen molar-refractivity contribution in [1.82, 2.24) is 19.6 Å². The number of aliphatic imine (C=N–C) groups is 1. The largest absolute Gasteiger partial charge is 0.356 e. The van der Waals surface area contributed by atoms with Crippen molar-refractivity contribution in [3.8, 4) is 0 Å². The van der Waals surface area contributed by atoms with Crippen molar-refractivity contribution in [2.75, 3.05) is 44.7 Å². The van der Waals surface area contributed by atoms with Gasteiger partial charge in [0, 0.05) is 57.7 Å². The summed E-state index contributed by atoms with van der Waals surface area (Å²) in [7, 11) is 1.85. The average Bonchev–Trinajstić information content (AvgIpc) is 3.04. The van der Waals surface area contributed by atoms with E-state index < -0.39 is 0 Å². The van der Waals surface area contributed by atoms with Crippen molar-refractivity contribution in [2.24, 2.45) is 4.99 Å². The lowest BCUT2D eigenvalue weighted by Crippen LogP contribution is -2.52. The highest BCUT2D eigenvalue weighted by Gasteiger charge is 2.21. The van der Waals surface area contributed by atoms with Crippen molar-refractivity contribution in [1.29, 1.82) is 0 Å². The average molecular weight is 322 g/mol. The highest BCUT2D eigenvalue weighted by molar-refractivity contribution is 7.09. The Morgan fingerprint density at radius 3 is 2.73 bits per heavy atom. The summed E-state index contributed by atoms with van der Waals surface area (Å²) in [5, 5.41) is 4.47. The van der Waals surface area contributed by atoms with Crippen molar-refractivity contribution in [3.05, 3.63) is 18.0 Å². The van der Waals surface area contributed by atoms with E-state index in [1.54, 1.807) is 0 Å². The predicted octanol–water partition coefficient (Wildman–Crippen LogP) is 1.76. The molecule has 6 nitrogen and oxygen atoms in total. The number of piperazine rings is 1.